The summed E-state index contributed by atoms with van der Waals surface area (Å²) in [7, 11) is -3.89. The second kappa shape index (κ2) is 9.47. The van der Waals surface area contributed by atoms with Gasteiger partial charge in [0.15, 0.2) is 0 Å². The molecule has 7 nitrogen and oxygen atoms in total. The molecule has 1 aliphatic rings. The molecule has 1 aromatic carbocycles. The number of carbonyl (C=O) groups excluding carboxylic acids is 2. The smallest absolute Gasteiger partial charge is 0.245 e. The van der Waals surface area contributed by atoms with Crippen molar-refractivity contribution >= 4 is 62.2 Å². The Labute approximate surface area is 188 Å². The Hall–Kier alpha value is -2.27. The van der Waals surface area contributed by atoms with Gasteiger partial charge in [-0.3, -0.25) is 9.59 Å². The first-order valence-corrected chi connectivity index (χ1v) is 12.2. The van der Waals surface area contributed by atoms with Crippen LogP contribution in [-0.4, -0.2) is 32.8 Å². The maximum atomic E-state index is 14.6. The van der Waals surface area contributed by atoms with E-state index < -0.39 is 27.8 Å². The number of nitrogens with one attached hydrogen (secondary N) is 2. The third-order valence-corrected chi connectivity index (χ3v) is 6.85. The largest absolute Gasteiger partial charge is 0.326 e. The molecular weight excluding hydrogens is 465 g/mol. The molecule has 2 N–H and O–H groups in total. The van der Waals surface area contributed by atoms with Gasteiger partial charge < -0.3 is 10.2 Å². The van der Waals surface area contributed by atoms with Gasteiger partial charge in [-0.25, -0.2) is 12.8 Å². The Kier molecular flexibility index (Phi) is 7.15. The summed E-state index contributed by atoms with van der Waals surface area (Å²) in [5, 5.41) is 3.56. The van der Waals surface area contributed by atoms with E-state index in [2.05, 4.69) is 10.0 Å². The highest BCUT2D eigenvalue weighted by Crippen LogP contribution is 2.28. The molecule has 0 bridgehead atoms. The van der Waals surface area contributed by atoms with Crippen molar-refractivity contribution in [3.63, 3.8) is 0 Å². The van der Waals surface area contributed by atoms with Crippen LogP contribution in [0.15, 0.2) is 35.7 Å². The molecule has 1 aliphatic heterocycles. The summed E-state index contributed by atoms with van der Waals surface area (Å²) in [6, 6.07) is 6.35. The lowest BCUT2D eigenvalue weighted by atomic mass is 10.2. The van der Waals surface area contributed by atoms with Crippen molar-refractivity contribution in [2.75, 3.05) is 16.8 Å². The van der Waals surface area contributed by atoms with Crippen molar-refractivity contribution in [2.45, 2.75) is 26.3 Å². The lowest BCUT2D eigenvalue weighted by molar-refractivity contribution is -0.119. The van der Waals surface area contributed by atoms with E-state index in [1.165, 1.54) is 34.4 Å². The minimum absolute atomic E-state index is 0.0259. The van der Waals surface area contributed by atoms with Gasteiger partial charge in [-0.05, 0) is 42.8 Å². The molecule has 1 aromatic heterocycles. The molecule has 11 heteroatoms. The second-order valence-corrected chi connectivity index (χ2v) is 10.6. The molecule has 0 aliphatic carbocycles. The fourth-order valence-electron chi connectivity index (χ4n) is 2.93. The molecule has 0 saturated carbocycles. The number of hydrogen-bond acceptors (Lipinski definition) is 5. The number of anilines is 2. The van der Waals surface area contributed by atoms with Crippen molar-refractivity contribution in [3.8, 4) is 0 Å². The molecule has 1 saturated heterocycles. The van der Waals surface area contributed by atoms with Crippen LogP contribution in [0.25, 0.3) is 6.08 Å². The van der Waals surface area contributed by atoms with E-state index >= 15 is 0 Å². The van der Waals surface area contributed by atoms with Gasteiger partial charge in [0.2, 0.25) is 21.8 Å². The first-order chi connectivity index (χ1) is 14.6. The van der Waals surface area contributed by atoms with E-state index in [1.807, 2.05) is 0 Å². The average Bonchev–Trinajstić information content (AvgIpc) is 3.26. The standard InChI is InChI=1S/C20H21ClFN3O4S2/c1-12(2)19(26)23-13-3-5-17(15(22)11-13)25-9-7-16(20(25)27)24-31(28,29)10-8-14-4-6-18(21)30-14/h3-6,8,10-12,16,24H,7,9H2,1-2H3,(H,23,26)/b10-8+/t16-/m0/s1. The van der Waals surface area contributed by atoms with Gasteiger partial charge in [0.1, 0.15) is 11.9 Å². The van der Waals surface area contributed by atoms with Crippen LogP contribution >= 0.6 is 22.9 Å². The first kappa shape index (κ1) is 23.4. The molecule has 2 aromatic rings. The van der Waals surface area contributed by atoms with Crippen molar-refractivity contribution in [1.29, 1.82) is 0 Å². The number of halogens is 2. The maximum Gasteiger partial charge on any atom is 0.245 e. The quantitative estimate of drug-likeness (QED) is 0.623. The van der Waals surface area contributed by atoms with Crippen LogP contribution in [0.4, 0.5) is 15.8 Å². The third kappa shape index (κ3) is 5.91. The van der Waals surface area contributed by atoms with Crippen LogP contribution in [0.3, 0.4) is 0 Å². The molecule has 2 heterocycles. The van der Waals surface area contributed by atoms with Crippen molar-refractivity contribution < 1.29 is 22.4 Å². The molecule has 0 spiro atoms. The van der Waals surface area contributed by atoms with Crippen LogP contribution in [0.5, 0.6) is 0 Å². The van der Waals surface area contributed by atoms with Crippen LogP contribution in [0, 0.1) is 11.7 Å². The summed E-state index contributed by atoms with van der Waals surface area (Å²) in [6.07, 6.45) is 1.59. The Bertz CT molecular complexity index is 1130. The highest BCUT2D eigenvalue weighted by atomic mass is 35.5. The molecule has 3 rings (SSSR count). The highest BCUT2D eigenvalue weighted by molar-refractivity contribution is 7.92. The van der Waals surface area contributed by atoms with E-state index in [4.69, 9.17) is 11.6 Å². The predicted molar refractivity (Wildman–Crippen MR) is 121 cm³/mol. The van der Waals surface area contributed by atoms with Crippen LogP contribution in [-0.2, 0) is 19.6 Å². The van der Waals surface area contributed by atoms with Gasteiger partial charge in [-0.15, -0.1) is 11.3 Å². The topological polar surface area (TPSA) is 95.6 Å². The lowest BCUT2D eigenvalue weighted by Gasteiger charge is -2.18. The number of sulfonamides is 1. The Morgan fingerprint density at radius 3 is 2.68 bits per heavy atom. The molecule has 0 unspecified atom stereocenters. The predicted octanol–water partition coefficient (Wildman–Crippen LogP) is 3.83. The Morgan fingerprint density at radius 2 is 2.06 bits per heavy atom. The minimum Gasteiger partial charge on any atom is -0.326 e. The number of nitrogens with zero attached hydrogens (tertiary/aromatic N) is 1. The van der Waals surface area contributed by atoms with E-state index in [-0.39, 0.29) is 36.2 Å². The number of benzene rings is 1. The zero-order valence-corrected chi connectivity index (χ0v) is 19.2. The summed E-state index contributed by atoms with van der Waals surface area (Å²) in [4.78, 5) is 26.3. The zero-order valence-electron chi connectivity index (χ0n) is 16.8. The van der Waals surface area contributed by atoms with Crippen molar-refractivity contribution in [1.82, 2.24) is 4.72 Å². The zero-order chi connectivity index (χ0) is 22.8. The minimum atomic E-state index is -3.89. The summed E-state index contributed by atoms with van der Waals surface area (Å²) in [5.41, 5.74) is 0.306. The maximum absolute atomic E-state index is 14.6. The fourth-order valence-corrected chi connectivity index (χ4v) is 5.00. The van der Waals surface area contributed by atoms with Crippen LogP contribution in [0.1, 0.15) is 25.1 Å². The van der Waals surface area contributed by atoms with E-state index in [0.717, 1.165) is 11.5 Å². The highest BCUT2D eigenvalue weighted by Gasteiger charge is 2.35. The van der Waals surface area contributed by atoms with E-state index in [0.29, 0.717) is 9.21 Å². The van der Waals surface area contributed by atoms with Gasteiger partial charge in [0.05, 0.1) is 10.0 Å². The summed E-state index contributed by atoms with van der Waals surface area (Å²) >= 11 is 7.04. The van der Waals surface area contributed by atoms with Gasteiger partial charge >= 0.3 is 0 Å². The molecule has 1 fully saturated rings. The van der Waals surface area contributed by atoms with Crippen LogP contribution < -0.4 is 14.9 Å². The van der Waals surface area contributed by atoms with Crippen molar-refractivity contribution in [2.24, 2.45) is 5.92 Å². The molecule has 1 atom stereocenters. The number of amides is 2. The number of rotatable bonds is 7. The molecule has 166 valence electrons. The first-order valence-electron chi connectivity index (χ1n) is 9.43. The number of hydrogen-bond donors (Lipinski definition) is 2. The molecule has 31 heavy (non-hydrogen) atoms. The Balaban J connectivity index is 1.68. The van der Waals surface area contributed by atoms with E-state index in [9.17, 15) is 22.4 Å². The third-order valence-electron chi connectivity index (χ3n) is 4.55. The Morgan fingerprint density at radius 1 is 1.32 bits per heavy atom. The number of thiophene rings is 1. The summed E-state index contributed by atoms with van der Waals surface area (Å²) in [6.45, 7) is 3.59. The number of carbonyl (C=O) groups is 2. The average molecular weight is 486 g/mol. The SMILES string of the molecule is CC(C)C(=O)Nc1ccc(N2CC[C@H](NS(=O)(=O)/C=C/c3ccc(Cl)s3)C2=O)c(F)c1. The van der Waals surface area contributed by atoms with Gasteiger partial charge in [-0.2, -0.15) is 4.72 Å². The fraction of sp³-hybridized carbons (Fsp3) is 0.300. The van der Waals surface area contributed by atoms with E-state index in [1.54, 1.807) is 26.0 Å². The van der Waals surface area contributed by atoms with Crippen LogP contribution in [0.2, 0.25) is 4.34 Å². The normalized spacial score (nSPS) is 17.1. The molecular formula is C20H21ClFN3O4S2. The second-order valence-electron chi connectivity index (χ2n) is 7.25. The van der Waals surface area contributed by atoms with Gasteiger partial charge in [0.25, 0.3) is 0 Å². The monoisotopic (exact) mass is 485 g/mol. The lowest BCUT2D eigenvalue weighted by Crippen LogP contribution is -2.40. The molecule has 2 amide bonds. The molecule has 0 radical (unpaired) electrons. The van der Waals surface area contributed by atoms with Gasteiger partial charge in [0, 0.05) is 28.4 Å². The summed E-state index contributed by atoms with van der Waals surface area (Å²) in [5.74, 6) is -1.75. The summed E-state index contributed by atoms with van der Waals surface area (Å²) < 4.78 is 42.1. The van der Waals surface area contributed by atoms with Gasteiger partial charge in [-0.1, -0.05) is 25.4 Å². The van der Waals surface area contributed by atoms with Crippen molar-refractivity contribution in [3.05, 3.63) is 50.8 Å².